The number of halogens is 2. The van der Waals surface area contributed by atoms with Gasteiger partial charge in [0.25, 0.3) is 0 Å². The zero-order chi connectivity index (χ0) is 17.5. The van der Waals surface area contributed by atoms with Gasteiger partial charge in [-0.3, -0.25) is 0 Å². The maximum atomic E-state index is 12.4. The standard InChI is InChI=1S/C19H24BrFN4/c20-17-14-23-19(24-18(17)16-4-2-1-3-5-16)22-10-6-15-7-11-25(12-8-15)13-9-21/h1-5,14-15H,6-13H2,(H,22,23,24). The summed E-state index contributed by atoms with van der Waals surface area (Å²) in [4.78, 5) is 11.2. The van der Waals surface area contributed by atoms with Gasteiger partial charge in [-0.1, -0.05) is 30.3 Å². The van der Waals surface area contributed by atoms with Crippen molar-refractivity contribution in [3.05, 3.63) is 41.0 Å². The lowest BCUT2D eigenvalue weighted by Crippen LogP contribution is -2.35. The average molecular weight is 407 g/mol. The van der Waals surface area contributed by atoms with Crippen LogP contribution in [0.4, 0.5) is 10.3 Å². The Kier molecular flexibility index (Phi) is 6.76. The van der Waals surface area contributed by atoms with Crippen LogP contribution in [0.25, 0.3) is 11.3 Å². The maximum Gasteiger partial charge on any atom is 0.223 e. The smallest absolute Gasteiger partial charge is 0.223 e. The van der Waals surface area contributed by atoms with Gasteiger partial charge in [0.05, 0.1) is 10.2 Å². The highest BCUT2D eigenvalue weighted by Gasteiger charge is 2.18. The van der Waals surface area contributed by atoms with Crippen LogP contribution in [0.5, 0.6) is 0 Å². The SMILES string of the molecule is FCCN1CCC(CCNc2ncc(Br)c(-c3ccccc3)n2)CC1. The summed E-state index contributed by atoms with van der Waals surface area (Å²) in [5.41, 5.74) is 1.97. The lowest BCUT2D eigenvalue weighted by molar-refractivity contribution is 0.170. The lowest BCUT2D eigenvalue weighted by atomic mass is 9.93. The summed E-state index contributed by atoms with van der Waals surface area (Å²) in [6.45, 7) is 3.24. The summed E-state index contributed by atoms with van der Waals surface area (Å²) in [7, 11) is 0. The average Bonchev–Trinajstić information content (AvgIpc) is 2.65. The van der Waals surface area contributed by atoms with E-state index >= 15 is 0 Å². The molecule has 0 radical (unpaired) electrons. The van der Waals surface area contributed by atoms with E-state index in [9.17, 15) is 4.39 Å². The van der Waals surface area contributed by atoms with Crippen LogP contribution < -0.4 is 5.32 Å². The second-order valence-electron chi connectivity index (χ2n) is 6.45. The third-order valence-corrected chi connectivity index (χ3v) is 5.32. The summed E-state index contributed by atoms with van der Waals surface area (Å²) in [6.07, 6.45) is 5.20. The molecule has 1 aromatic heterocycles. The molecule has 1 aliphatic heterocycles. The van der Waals surface area contributed by atoms with Crippen molar-refractivity contribution in [2.24, 2.45) is 5.92 Å². The molecule has 0 amide bonds. The lowest BCUT2D eigenvalue weighted by Gasteiger charge is -2.31. The van der Waals surface area contributed by atoms with Crippen molar-refractivity contribution in [1.82, 2.24) is 14.9 Å². The molecule has 1 saturated heterocycles. The minimum Gasteiger partial charge on any atom is -0.354 e. The summed E-state index contributed by atoms with van der Waals surface area (Å²) in [5, 5.41) is 3.35. The predicted molar refractivity (Wildman–Crippen MR) is 103 cm³/mol. The first kappa shape index (κ1) is 18.3. The molecule has 0 saturated carbocycles. The number of piperidine rings is 1. The third kappa shape index (κ3) is 5.22. The number of likely N-dealkylation sites (tertiary alicyclic amines) is 1. The van der Waals surface area contributed by atoms with Gasteiger partial charge in [-0.05, 0) is 54.2 Å². The Morgan fingerprint density at radius 2 is 1.96 bits per heavy atom. The first-order chi connectivity index (χ1) is 12.3. The molecule has 1 aromatic carbocycles. The number of aromatic nitrogens is 2. The fourth-order valence-electron chi connectivity index (χ4n) is 3.26. The number of hydrogen-bond donors (Lipinski definition) is 1. The van der Waals surface area contributed by atoms with Crippen LogP contribution in [0.1, 0.15) is 19.3 Å². The van der Waals surface area contributed by atoms with Crippen LogP contribution >= 0.6 is 15.9 Å². The summed E-state index contributed by atoms with van der Waals surface area (Å²) in [5.74, 6) is 1.37. The Hall–Kier alpha value is -1.53. The van der Waals surface area contributed by atoms with Crippen molar-refractivity contribution < 1.29 is 4.39 Å². The molecule has 1 N–H and O–H groups in total. The molecule has 25 heavy (non-hydrogen) atoms. The van der Waals surface area contributed by atoms with Crippen LogP contribution in [-0.4, -0.2) is 47.7 Å². The largest absolute Gasteiger partial charge is 0.354 e. The van der Waals surface area contributed by atoms with Crippen LogP contribution in [0, 0.1) is 5.92 Å². The molecule has 3 rings (SSSR count). The second-order valence-corrected chi connectivity index (χ2v) is 7.30. The molecule has 0 aliphatic carbocycles. The summed E-state index contributed by atoms with van der Waals surface area (Å²) in [6, 6.07) is 10.1. The molecule has 6 heteroatoms. The van der Waals surface area contributed by atoms with Crippen molar-refractivity contribution in [2.45, 2.75) is 19.3 Å². The van der Waals surface area contributed by atoms with Crippen molar-refractivity contribution in [3.8, 4) is 11.3 Å². The van der Waals surface area contributed by atoms with E-state index in [2.05, 4.69) is 36.1 Å². The fourth-order valence-corrected chi connectivity index (χ4v) is 3.68. The highest BCUT2D eigenvalue weighted by molar-refractivity contribution is 9.10. The zero-order valence-corrected chi connectivity index (χ0v) is 15.9. The highest BCUT2D eigenvalue weighted by atomic mass is 79.9. The van der Waals surface area contributed by atoms with Crippen molar-refractivity contribution in [3.63, 3.8) is 0 Å². The Labute approximate surface area is 157 Å². The minimum absolute atomic E-state index is 0.239. The molecule has 4 nitrogen and oxygen atoms in total. The van der Waals surface area contributed by atoms with Gasteiger partial charge in [-0.2, -0.15) is 0 Å². The summed E-state index contributed by atoms with van der Waals surface area (Å²) < 4.78 is 13.3. The van der Waals surface area contributed by atoms with Gasteiger partial charge in [0.2, 0.25) is 5.95 Å². The Bertz CT molecular complexity index is 660. The molecule has 0 spiro atoms. The number of anilines is 1. The Morgan fingerprint density at radius 1 is 1.20 bits per heavy atom. The first-order valence-electron chi connectivity index (χ1n) is 8.86. The van der Waals surface area contributed by atoms with Gasteiger partial charge in [-0.15, -0.1) is 0 Å². The fraction of sp³-hybridized carbons (Fsp3) is 0.474. The second kappa shape index (κ2) is 9.25. The van der Waals surface area contributed by atoms with E-state index in [1.165, 1.54) is 0 Å². The van der Waals surface area contributed by atoms with Crippen LogP contribution in [0.3, 0.4) is 0 Å². The van der Waals surface area contributed by atoms with Crippen molar-refractivity contribution >= 4 is 21.9 Å². The number of nitrogens with zero attached hydrogens (tertiary/aromatic N) is 3. The zero-order valence-electron chi connectivity index (χ0n) is 14.3. The van der Waals surface area contributed by atoms with Crippen LogP contribution in [0.15, 0.2) is 41.0 Å². The predicted octanol–water partition coefficient (Wildman–Crippen LogP) is 4.39. The van der Waals surface area contributed by atoms with Crippen molar-refractivity contribution in [2.75, 3.05) is 38.2 Å². The molecule has 0 unspecified atom stereocenters. The van der Waals surface area contributed by atoms with Gasteiger partial charge in [0.1, 0.15) is 6.67 Å². The summed E-state index contributed by atoms with van der Waals surface area (Å²) >= 11 is 3.53. The molecular weight excluding hydrogens is 383 g/mol. The topological polar surface area (TPSA) is 41.0 Å². The van der Waals surface area contributed by atoms with E-state index in [-0.39, 0.29) is 6.67 Å². The molecule has 134 valence electrons. The number of hydrogen-bond acceptors (Lipinski definition) is 4. The molecule has 2 aromatic rings. The highest BCUT2D eigenvalue weighted by Crippen LogP contribution is 2.26. The Balaban J connectivity index is 1.51. The molecular formula is C19H24BrFN4. The number of nitrogens with one attached hydrogen (secondary N) is 1. The van der Waals surface area contributed by atoms with Gasteiger partial charge in [0, 0.05) is 24.8 Å². The van der Waals surface area contributed by atoms with Gasteiger partial charge in [0.15, 0.2) is 0 Å². The third-order valence-electron chi connectivity index (χ3n) is 4.73. The maximum absolute atomic E-state index is 12.4. The first-order valence-corrected chi connectivity index (χ1v) is 9.65. The molecule has 1 aliphatic rings. The number of alkyl halides is 1. The van der Waals surface area contributed by atoms with Gasteiger partial charge >= 0.3 is 0 Å². The van der Waals surface area contributed by atoms with Crippen LogP contribution in [-0.2, 0) is 0 Å². The molecule has 1 fully saturated rings. The monoisotopic (exact) mass is 406 g/mol. The van der Waals surface area contributed by atoms with Crippen molar-refractivity contribution in [1.29, 1.82) is 0 Å². The molecule has 0 bridgehead atoms. The van der Waals surface area contributed by atoms with Gasteiger partial charge < -0.3 is 10.2 Å². The quantitative estimate of drug-likeness (QED) is 0.739. The van der Waals surface area contributed by atoms with E-state index in [0.29, 0.717) is 18.4 Å². The van der Waals surface area contributed by atoms with E-state index in [1.54, 1.807) is 6.20 Å². The van der Waals surface area contributed by atoms with Crippen LogP contribution in [0.2, 0.25) is 0 Å². The van der Waals surface area contributed by atoms with E-state index < -0.39 is 0 Å². The minimum atomic E-state index is -0.239. The number of rotatable bonds is 7. The normalized spacial score (nSPS) is 16.1. The van der Waals surface area contributed by atoms with E-state index in [4.69, 9.17) is 0 Å². The van der Waals surface area contributed by atoms with Gasteiger partial charge in [-0.25, -0.2) is 14.4 Å². The molecule has 2 heterocycles. The van der Waals surface area contributed by atoms with E-state index in [0.717, 1.165) is 54.6 Å². The van der Waals surface area contributed by atoms with E-state index in [1.807, 2.05) is 30.3 Å². The molecule has 0 atom stereocenters. The Morgan fingerprint density at radius 3 is 2.68 bits per heavy atom. The number of benzene rings is 1.